The average Bonchev–Trinajstić information content (AvgIpc) is 3.13. The first-order valence-corrected chi connectivity index (χ1v) is 8.86. The second kappa shape index (κ2) is 4.54. The number of aryl methyl sites for hydroxylation is 1. The summed E-state index contributed by atoms with van der Waals surface area (Å²) in [4.78, 5) is 13.5. The van der Waals surface area contributed by atoms with Gasteiger partial charge in [0.05, 0.1) is 6.54 Å². The molecule has 5 heterocycles. The van der Waals surface area contributed by atoms with Crippen molar-refractivity contribution in [1.29, 1.82) is 0 Å². The van der Waals surface area contributed by atoms with Crippen LogP contribution < -0.4 is 5.48 Å². The first-order chi connectivity index (χ1) is 10.7. The van der Waals surface area contributed by atoms with E-state index in [4.69, 9.17) is 9.83 Å². The molecule has 0 saturated carbocycles. The van der Waals surface area contributed by atoms with Crippen LogP contribution in [0.4, 0.5) is 0 Å². The minimum atomic E-state index is -0.355. The lowest BCUT2D eigenvalue weighted by molar-refractivity contribution is -0.155. The van der Waals surface area contributed by atoms with Gasteiger partial charge in [-0.15, -0.1) is 11.3 Å². The standard InChI is InChI=1S/C17H19N3OS/c1-11-9-22-15-8-12(2-3-14(11)15)16-18-17(21-19-16)10-20-6-4-13(17)5-7-20/h2-3,8-9,13H,4-7,10H2,1H3,(H,18,19)/t17-/m1/s1. The quantitative estimate of drug-likeness (QED) is 0.879. The Bertz CT molecular complexity index is 775. The molecule has 6 rings (SSSR count). The normalized spacial score (nSPS) is 33.4. The molecule has 22 heavy (non-hydrogen) atoms. The summed E-state index contributed by atoms with van der Waals surface area (Å²) in [7, 11) is 0. The van der Waals surface area contributed by atoms with Crippen molar-refractivity contribution in [2.45, 2.75) is 25.5 Å². The van der Waals surface area contributed by atoms with Gasteiger partial charge in [-0.3, -0.25) is 4.90 Å². The first-order valence-electron chi connectivity index (χ1n) is 7.98. The second-order valence-electron chi connectivity index (χ2n) is 6.69. The summed E-state index contributed by atoms with van der Waals surface area (Å²) < 4.78 is 1.31. The Hall–Kier alpha value is -1.43. The molecule has 3 fully saturated rings. The second-order valence-corrected chi connectivity index (χ2v) is 7.60. The number of benzene rings is 1. The van der Waals surface area contributed by atoms with Gasteiger partial charge >= 0.3 is 0 Å². The highest BCUT2D eigenvalue weighted by atomic mass is 32.1. The van der Waals surface area contributed by atoms with E-state index in [0.29, 0.717) is 5.92 Å². The molecular formula is C17H19N3OS. The summed E-state index contributed by atoms with van der Waals surface area (Å²) in [6.07, 6.45) is 2.39. The van der Waals surface area contributed by atoms with Gasteiger partial charge in [-0.1, -0.05) is 12.1 Å². The molecule has 1 spiro atoms. The monoisotopic (exact) mass is 313 g/mol. The molecule has 0 aliphatic carbocycles. The number of fused-ring (bicyclic) bond motifs is 3. The van der Waals surface area contributed by atoms with Crippen LogP contribution in [0.2, 0.25) is 0 Å². The van der Waals surface area contributed by atoms with Gasteiger partial charge in [0.2, 0.25) is 5.72 Å². The Balaban J connectivity index is 1.53. The molecule has 1 atom stereocenters. The first kappa shape index (κ1) is 13.0. The van der Waals surface area contributed by atoms with Crippen LogP contribution in [0.15, 0.2) is 28.6 Å². The molecule has 2 bridgehead atoms. The highest BCUT2D eigenvalue weighted by Gasteiger charge is 2.51. The number of aliphatic imine (C=N–C) groups is 1. The van der Waals surface area contributed by atoms with E-state index in [9.17, 15) is 0 Å². The third-order valence-corrected chi connectivity index (χ3v) is 6.41. The molecular weight excluding hydrogens is 294 g/mol. The van der Waals surface area contributed by atoms with E-state index in [0.717, 1.165) is 17.9 Å². The van der Waals surface area contributed by atoms with E-state index in [2.05, 4.69) is 40.9 Å². The smallest absolute Gasteiger partial charge is 0.202 e. The van der Waals surface area contributed by atoms with Gasteiger partial charge in [-0.25, -0.2) is 15.3 Å². The molecule has 4 aliphatic heterocycles. The molecule has 4 aliphatic rings. The van der Waals surface area contributed by atoms with E-state index in [1.165, 1.54) is 41.6 Å². The number of thiophene rings is 1. The number of piperidine rings is 3. The number of nitrogens with zero attached hydrogens (tertiary/aromatic N) is 2. The van der Waals surface area contributed by atoms with Gasteiger partial charge < -0.3 is 0 Å². The van der Waals surface area contributed by atoms with Gasteiger partial charge in [-0.2, -0.15) is 0 Å². The number of hydrogen-bond acceptors (Lipinski definition) is 5. The van der Waals surface area contributed by atoms with Crippen molar-refractivity contribution < 1.29 is 4.84 Å². The van der Waals surface area contributed by atoms with Crippen molar-refractivity contribution in [1.82, 2.24) is 10.4 Å². The van der Waals surface area contributed by atoms with Gasteiger partial charge in [-0.05, 0) is 55.3 Å². The van der Waals surface area contributed by atoms with Crippen molar-refractivity contribution >= 4 is 27.3 Å². The number of hydrogen-bond donors (Lipinski definition) is 1. The van der Waals surface area contributed by atoms with E-state index in [1.54, 1.807) is 11.3 Å². The van der Waals surface area contributed by atoms with Crippen LogP contribution in [0.25, 0.3) is 10.1 Å². The maximum Gasteiger partial charge on any atom is 0.202 e. The topological polar surface area (TPSA) is 36.9 Å². The molecule has 114 valence electrons. The van der Waals surface area contributed by atoms with Crippen LogP contribution in [0, 0.1) is 12.8 Å². The summed E-state index contributed by atoms with van der Waals surface area (Å²) >= 11 is 1.79. The lowest BCUT2D eigenvalue weighted by Crippen LogP contribution is -2.58. The Labute approximate surface area is 133 Å². The SMILES string of the molecule is Cc1csc2cc(C3=N[C@]4(CN5CCC4CC5)ON3)ccc12. The number of hydroxylamine groups is 1. The van der Waals surface area contributed by atoms with Gasteiger partial charge in [0.1, 0.15) is 0 Å². The van der Waals surface area contributed by atoms with Crippen molar-refractivity contribution in [2.24, 2.45) is 10.9 Å². The minimum absolute atomic E-state index is 0.355. The predicted molar refractivity (Wildman–Crippen MR) is 89.2 cm³/mol. The fraction of sp³-hybridized carbons (Fsp3) is 0.471. The number of nitrogens with one attached hydrogen (secondary N) is 1. The fourth-order valence-electron chi connectivity index (χ4n) is 4.04. The van der Waals surface area contributed by atoms with E-state index in [1.807, 2.05) is 0 Å². The highest BCUT2D eigenvalue weighted by Crippen LogP contribution is 2.41. The summed E-state index contributed by atoms with van der Waals surface area (Å²) in [5, 5.41) is 3.55. The highest BCUT2D eigenvalue weighted by molar-refractivity contribution is 7.17. The molecule has 1 N–H and O–H groups in total. The third kappa shape index (κ3) is 1.79. The molecule has 5 heteroatoms. The third-order valence-electron chi connectivity index (χ3n) is 5.34. The summed E-state index contributed by atoms with van der Waals surface area (Å²) in [6.45, 7) is 5.48. The number of amidine groups is 1. The summed E-state index contributed by atoms with van der Waals surface area (Å²) in [5.41, 5.74) is 5.24. The van der Waals surface area contributed by atoms with Crippen LogP contribution in [0.5, 0.6) is 0 Å². The average molecular weight is 313 g/mol. The molecule has 1 aromatic heterocycles. The van der Waals surface area contributed by atoms with Crippen LogP contribution in [0.1, 0.15) is 24.0 Å². The lowest BCUT2D eigenvalue weighted by Gasteiger charge is -2.47. The van der Waals surface area contributed by atoms with Crippen molar-refractivity contribution in [2.75, 3.05) is 19.6 Å². The maximum absolute atomic E-state index is 6.01. The molecule has 3 saturated heterocycles. The molecule has 1 aromatic carbocycles. The fourth-order valence-corrected chi connectivity index (χ4v) is 5.02. The molecule has 0 radical (unpaired) electrons. The Morgan fingerprint density at radius 1 is 1.36 bits per heavy atom. The maximum atomic E-state index is 6.01. The molecule has 4 nitrogen and oxygen atoms in total. The summed E-state index contributed by atoms with van der Waals surface area (Å²) in [5.74, 6) is 1.44. The Morgan fingerprint density at radius 3 is 3.00 bits per heavy atom. The molecule has 0 unspecified atom stereocenters. The predicted octanol–water partition coefficient (Wildman–Crippen LogP) is 2.91. The van der Waals surface area contributed by atoms with Crippen LogP contribution in [0.3, 0.4) is 0 Å². The van der Waals surface area contributed by atoms with Crippen LogP contribution in [-0.2, 0) is 4.84 Å². The Morgan fingerprint density at radius 2 is 2.23 bits per heavy atom. The van der Waals surface area contributed by atoms with E-state index in [-0.39, 0.29) is 5.72 Å². The van der Waals surface area contributed by atoms with Crippen LogP contribution >= 0.6 is 11.3 Å². The van der Waals surface area contributed by atoms with Gasteiger partial charge in [0.15, 0.2) is 5.84 Å². The zero-order chi connectivity index (χ0) is 14.7. The zero-order valence-electron chi connectivity index (χ0n) is 12.6. The summed E-state index contributed by atoms with van der Waals surface area (Å²) in [6, 6.07) is 6.57. The van der Waals surface area contributed by atoms with Crippen molar-refractivity contribution in [3.05, 3.63) is 34.7 Å². The van der Waals surface area contributed by atoms with Crippen molar-refractivity contribution in [3.63, 3.8) is 0 Å². The largest absolute Gasteiger partial charge is 0.298 e. The van der Waals surface area contributed by atoms with Gasteiger partial charge in [0, 0.05) is 16.2 Å². The van der Waals surface area contributed by atoms with Crippen LogP contribution in [-0.4, -0.2) is 36.1 Å². The van der Waals surface area contributed by atoms with E-state index >= 15 is 0 Å². The van der Waals surface area contributed by atoms with E-state index < -0.39 is 0 Å². The lowest BCUT2D eigenvalue weighted by atomic mass is 9.81. The van der Waals surface area contributed by atoms with Crippen molar-refractivity contribution in [3.8, 4) is 0 Å². The minimum Gasteiger partial charge on any atom is -0.298 e. The van der Waals surface area contributed by atoms with Gasteiger partial charge in [0.25, 0.3) is 0 Å². The number of rotatable bonds is 1. The molecule has 2 aromatic rings. The molecule has 0 amide bonds. The Kier molecular flexibility index (Phi) is 2.69. The zero-order valence-corrected chi connectivity index (χ0v) is 13.4.